The highest BCUT2D eigenvalue weighted by Crippen LogP contribution is 2.34. The lowest BCUT2D eigenvalue weighted by Gasteiger charge is -2.07. The smallest absolute Gasteiger partial charge is 0.353 e. The van der Waals surface area contributed by atoms with Gasteiger partial charge >= 0.3 is 5.97 Å². The van der Waals surface area contributed by atoms with Crippen molar-refractivity contribution in [3.05, 3.63) is 71.1 Å². The van der Waals surface area contributed by atoms with Gasteiger partial charge in [-0.3, -0.25) is 0 Å². The predicted molar refractivity (Wildman–Crippen MR) is 97.3 cm³/mol. The van der Waals surface area contributed by atoms with Crippen LogP contribution in [0.3, 0.4) is 0 Å². The molecule has 0 aliphatic heterocycles. The molecular weight excluding hydrogens is 350 g/mol. The first kappa shape index (κ1) is 18.3. The number of benzene rings is 2. The number of carboxylic acids is 1. The zero-order chi connectivity index (χ0) is 19.7. The van der Waals surface area contributed by atoms with E-state index in [0.29, 0.717) is 39.9 Å². The van der Waals surface area contributed by atoms with Crippen molar-refractivity contribution in [3.63, 3.8) is 0 Å². The van der Waals surface area contributed by atoms with Gasteiger partial charge in [0.25, 0.3) is 0 Å². The van der Waals surface area contributed by atoms with Crippen LogP contribution in [0, 0.1) is 23.0 Å². The fourth-order valence-corrected chi connectivity index (χ4v) is 3.35. The van der Waals surface area contributed by atoms with Gasteiger partial charge in [-0.1, -0.05) is 31.2 Å². The number of carbonyl (C=O) groups is 1. The minimum atomic E-state index is -1.13. The molecule has 0 radical (unpaired) electrons. The summed E-state index contributed by atoms with van der Waals surface area (Å²) in [6.07, 6.45) is 0.514. The summed E-state index contributed by atoms with van der Waals surface area (Å²) in [5.41, 5.74) is 2.86. The molecule has 27 heavy (non-hydrogen) atoms. The third-order valence-corrected chi connectivity index (χ3v) is 4.53. The number of aromatic carboxylic acids is 1. The topological polar surface area (TPSA) is 66.0 Å². The molecule has 1 heterocycles. The molecule has 4 nitrogen and oxygen atoms in total. The summed E-state index contributed by atoms with van der Waals surface area (Å²) in [4.78, 5) is 11.8. The lowest BCUT2D eigenvalue weighted by Crippen LogP contribution is -2.07. The Bertz CT molecular complexity index is 1060. The minimum Gasteiger partial charge on any atom is -0.477 e. The second-order valence-electron chi connectivity index (χ2n) is 6.11. The third kappa shape index (κ3) is 3.20. The van der Waals surface area contributed by atoms with Crippen molar-refractivity contribution in [2.24, 2.45) is 7.05 Å². The quantitative estimate of drug-likeness (QED) is 0.723. The maximum absolute atomic E-state index is 13.4. The normalized spacial score (nSPS) is 10.6. The van der Waals surface area contributed by atoms with Gasteiger partial charge in [-0.2, -0.15) is 5.26 Å². The number of nitriles is 1. The van der Waals surface area contributed by atoms with Crippen molar-refractivity contribution in [1.82, 2.24) is 4.57 Å². The first-order valence-electron chi connectivity index (χ1n) is 8.29. The number of hydrogen-bond acceptors (Lipinski definition) is 2. The van der Waals surface area contributed by atoms with Crippen LogP contribution in [0.2, 0.25) is 0 Å². The fraction of sp³-hybridized carbons (Fsp3) is 0.143. The van der Waals surface area contributed by atoms with E-state index in [1.807, 2.05) is 6.92 Å². The SMILES string of the molecule is CCc1c(C#N)c(-c2ccc(-c3cc(F)cc(F)c3)cc2)c(C(=O)O)n1C. The van der Waals surface area contributed by atoms with Crippen LogP contribution in [0.4, 0.5) is 8.78 Å². The van der Waals surface area contributed by atoms with Gasteiger partial charge in [0.2, 0.25) is 0 Å². The lowest BCUT2D eigenvalue weighted by molar-refractivity contribution is 0.0687. The number of nitrogens with zero attached hydrogens (tertiary/aromatic N) is 2. The van der Waals surface area contributed by atoms with E-state index in [-0.39, 0.29) is 5.69 Å². The molecular formula is C21H16F2N2O2. The summed E-state index contributed by atoms with van der Waals surface area (Å²) < 4.78 is 28.4. The van der Waals surface area contributed by atoms with Crippen molar-refractivity contribution in [2.45, 2.75) is 13.3 Å². The molecule has 0 atom stereocenters. The number of hydrogen-bond donors (Lipinski definition) is 1. The average molecular weight is 366 g/mol. The maximum atomic E-state index is 13.4. The molecule has 6 heteroatoms. The molecule has 0 saturated heterocycles. The molecule has 0 bridgehead atoms. The molecule has 3 rings (SSSR count). The first-order valence-corrected chi connectivity index (χ1v) is 8.29. The molecule has 0 amide bonds. The van der Waals surface area contributed by atoms with Crippen LogP contribution in [-0.2, 0) is 13.5 Å². The van der Waals surface area contributed by atoms with Crippen molar-refractivity contribution in [1.29, 1.82) is 5.26 Å². The number of rotatable bonds is 4. The molecule has 3 aromatic rings. The Morgan fingerprint density at radius 3 is 2.11 bits per heavy atom. The van der Waals surface area contributed by atoms with E-state index < -0.39 is 17.6 Å². The lowest BCUT2D eigenvalue weighted by atomic mass is 9.97. The van der Waals surface area contributed by atoms with Gasteiger partial charge in [-0.05, 0) is 35.2 Å². The van der Waals surface area contributed by atoms with Crippen LogP contribution in [0.1, 0.15) is 28.7 Å². The molecule has 0 fully saturated rings. The third-order valence-electron chi connectivity index (χ3n) is 4.53. The Labute approximate surface area is 154 Å². The summed E-state index contributed by atoms with van der Waals surface area (Å²) in [7, 11) is 1.62. The average Bonchev–Trinajstić information content (AvgIpc) is 2.92. The Balaban J connectivity index is 2.16. The largest absolute Gasteiger partial charge is 0.477 e. The van der Waals surface area contributed by atoms with Gasteiger partial charge in [-0.15, -0.1) is 0 Å². The molecule has 1 N–H and O–H groups in total. The molecule has 0 spiro atoms. The standard InChI is InChI=1S/C21H16F2N2O2/c1-3-18-17(11-24)19(20(21(26)27)25(18)2)13-6-4-12(5-7-13)14-8-15(22)10-16(23)9-14/h4-10H,3H2,1-2H3,(H,26,27). The Morgan fingerprint density at radius 2 is 1.63 bits per heavy atom. The highest BCUT2D eigenvalue weighted by atomic mass is 19.1. The highest BCUT2D eigenvalue weighted by molar-refractivity contribution is 5.97. The van der Waals surface area contributed by atoms with Crippen LogP contribution in [0.15, 0.2) is 42.5 Å². The molecule has 0 saturated carbocycles. The molecule has 0 aliphatic carbocycles. The zero-order valence-electron chi connectivity index (χ0n) is 14.8. The van der Waals surface area contributed by atoms with Gasteiger partial charge in [0, 0.05) is 24.4 Å². The van der Waals surface area contributed by atoms with E-state index in [1.165, 1.54) is 16.7 Å². The highest BCUT2D eigenvalue weighted by Gasteiger charge is 2.25. The Morgan fingerprint density at radius 1 is 1.07 bits per heavy atom. The van der Waals surface area contributed by atoms with Crippen LogP contribution in [0.25, 0.3) is 22.3 Å². The summed E-state index contributed by atoms with van der Waals surface area (Å²) in [5.74, 6) is -2.48. The van der Waals surface area contributed by atoms with Crippen molar-refractivity contribution >= 4 is 5.97 Å². The van der Waals surface area contributed by atoms with E-state index in [1.54, 1.807) is 31.3 Å². The van der Waals surface area contributed by atoms with Gasteiger partial charge < -0.3 is 9.67 Å². The second kappa shape index (κ2) is 7.04. The molecule has 136 valence electrons. The van der Waals surface area contributed by atoms with Crippen molar-refractivity contribution in [2.75, 3.05) is 0 Å². The summed E-state index contributed by atoms with van der Waals surface area (Å²) in [6, 6.07) is 11.9. The van der Waals surface area contributed by atoms with Gasteiger partial charge in [-0.25, -0.2) is 13.6 Å². The monoisotopic (exact) mass is 366 g/mol. The molecule has 0 unspecified atom stereocenters. The van der Waals surface area contributed by atoms with Crippen LogP contribution < -0.4 is 0 Å². The van der Waals surface area contributed by atoms with Crippen LogP contribution >= 0.6 is 0 Å². The van der Waals surface area contributed by atoms with Gasteiger partial charge in [0.1, 0.15) is 23.4 Å². The van der Waals surface area contributed by atoms with Gasteiger partial charge in [0.15, 0.2) is 0 Å². The van der Waals surface area contributed by atoms with E-state index in [9.17, 15) is 23.9 Å². The molecule has 1 aromatic heterocycles. The Kier molecular flexibility index (Phi) is 4.78. The summed E-state index contributed by atoms with van der Waals surface area (Å²) in [6.45, 7) is 1.85. The maximum Gasteiger partial charge on any atom is 0.353 e. The first-order chi connectivity index (χ1) is 12.9. The van der Waals surface area contributed by atoms with E-state index in [2.05, 4.69) is 6.07 Å². The fourth-order valence-electron chi connectivity index (χ4n) is 3.35. The summed E-state index contributed by atoms with van der Waals surface area (Å²) >= 11 is 0. The van der Waals surface area contributed by atoms with Crippen molar-refractivity contribution in [3.8, 4) is 28.3 Å². The minimum absolute atomic E-state index is 0.0351. The Hall–Kier alpha value is -3.46. The van der Waals surface area contributed by atoms with Crippen molar-refractivity contribution < 1.29 is 18.7 Å². The van der Waals surface area contributed by atoms with Gasteiger partial charge in [0.05, 0.1) is 5.56 Å². The molecule has 0 aliphatic rings. The van der Waals surface area contributed by atoms with E-state index in [4.69, 9.17) is 0 Å². The summed E-state index contributed by atoms with van der Waals surface area (Å²) in [5, 5.41) is 19.2. The van der Waals surface area contributed by atoms with E-state index >= 15 is 0 Å². The number of halogens is 2. The van der Waals surface area contributed by atoms with Crippen LogP contribution in [-0.4, -0.2) is 15.6 Å². The predicted octanol–water partition coefficient (Wildman–Crippen LogP) is 4.77. The van der Waals surface area contributed by atoms with Crippen LogP contribution in [0.5, 0.6) is 0 Å². The number of aromatic nitrogens is 1. The molecule has 2 aromatic carbocycles. The second-order valence-corrected chi connectivity index (χ2v) is 6.11. The van der Waals surface area contributed by atoms with E-state index in [0.717, 1.165) is 6.07 Å². The zero-order valence-corrected chi connectivity index (χ0v) is 14.8. The number of carboxylic acid groups (broad SMARTS) is 1.